The van der Waals surface area contributed by atoms with Crippen LogP contribution in [0.3, 0.4) is 0 Å². The monoisotopic (exact) mass is 414 g/mol. The van der Waals surface area contributed by atoms with Crippen LogP contribution in [0.25, 0.3) is 17.7 Å². The van der Waals surface area contributed by atoms with E-state index in [1.165, 1.54) is 36.4 Å². The van der Waals surface area contributed by atoms with Gasteiger partial charge in [-0.1, -0.05) is 12.2 Å². The van der Waals surface area contributed by atoms with Gasteiger partial charge in [-0.3, -0.25) is 9.11 Å². The number of hydrogen-bond acceptors (Lipinski definition) is 4. The Balaban J connectivity index is 0. The minimum Gasteiger partial charge on any atom is -1.00 e. The van der Waals surface area contributed by atoms with Crippen molar-refractivity contribution in [2.75, 3.05) is 0 Å². The molecule has 0 amide bonds. The van der Waals surface area contributed by atoms with E-state index in [4.69, 9.17) is 0 Å². The Bertz CT molecular complexity index is 1050. The van der Waals surface area contributed by atoms with Crippen LogP contribution in [0.2, 0.25) is 0 Å². The van der Waals surface area contributed by atoms with Crippen molar-refractivity contribution in [2.24, 2.45) is 0 Å². The predicted molar refractivity (Wildman–Crippen MR) is 88.5 cm³/mol. The van der Waals surface area contributed by atoms with Gasteiger partial charge in [-0.15, -0.1) is 0 Å². The maximum atomic E-state index is 11.5. The largest absolute Gasteiger partial charge is 1.00 e. The van der Waals surface area contributed by atoms with E-state index in [-0.39, 0.29) is 84.5 Å². The molecule has 0 radical (unpaired) electrons. The second-order valence-electron chi connectivity index (χ2n) is 5.04. The number of rotatable bonds is 2. The van der Waals surface area contributed by atoms with E-state index >= 15 is 0 Å². The molecule has 4 aliphatic rings. The van der Waals surface area contributed by atoms with Crippen LogP contribution in [0.1, 0.15) is 14.0 Å². The van der Waals surface area contributed by atoms with Gasteiger partial charge in [0.15, 0.2) is 0 Å². The van der Waals surface area contributed by atoms with Crippen LogP contribution in [0.15, 0.2) is 46.2 Å². The van der Waals surface area contributed by atoms with Gasteiger partial charge in [0, 0.05) is 24.3 Å². The molecule has 0 aliphatic carbocycles. The van der Waals surface area contributed by atoms with Crippen molar-refractivity contribution in [1.29, 1.82) is 0 Å². The van der Waals surface area contributed by atoms with E-state index in [9.17, 15) is 31.5 Å². The smallest absolute Gasteiger partial charge is 1.00 e. The Morgan fingerprint density at radius 3 is 1.42 bits per heavy atom. The van der Waals surface area contributed by atoms with Crippen LogP contribution in [0.5, 0.6) is 0 Å². The van der Waals surface area contributed by atoms with E-state index in [1.807, 2.05) is 0 Å². The SMILES string of the molecule is [H-].[H-].[N-]=[N+]1c2ccc(c(S(=O)(=O)O)c2)/C=C/c2ccc1cc2S(=O)(=O)O.[Na+].[Na+]. The fraction of sp³-hybridized carbons (Fsp3) is 0. The van der Waals surface area contributed by atoms with Gasteiger partial charge in [0.05, 0.1) is 0 Å². The molecule has 2 aromatic rings. The van der Waals surface area contributed by atoms with Crippen molar-refractivity contribution in [3.05, 3.63) is 53.1 Å². The first-order valence-electron chi connectivity index (χ1n) is 6.47. The zero-order chi connectivity index (χ0) is 17.7. The molecule has 4 bridgehead atoms. The van der Waals surface area contributed by atoms with Crippen molar-refractivity contribution in [1.82, 2.24) is 4.70 Å². The summed E-state index contributed by atoms with van der Waals surface area (Å²) >= 11 is 0. The molecule has 26 heavy (non-hydrogen) atoms. The van der Waals surface area contributed by atoms with Gasteiger partial charge in [0.2, 0.25) is 11.4 Å². The van der Waals surface area contributed by atoms with E-state index in [1.54, 1.807) is 0 Å². The average molecular weight is 414 g/mol. The Labute approximate surface area is 197 Å². The zero-order valence-electron chi connectivity index (χ0n) is 15.9. The summed E-state index contributed by atoms with van der Waals surface area (Å²) in [6.45, 7) is 0. The van der Waals surface area contributed by atoms with Crippen LogP contribution in [0, 0.1) is 0 Å². The molecular formula is C14H12N2Na2O6S2. The van der Waals surface area contributed by atoms with Gasteiger partial charge >= 0.3 is 59.1 Å². The van der Waals surface area contributed by atoms with Crippen LogP contribution in [0.4, 0.5) is 11.4 Å². The third kappa shape index (κ3) is 4.71. The molecule has 128 valence electrons. The van der Waals surface area contributed by atoms with Crippen molar-refractivity contribution in [3.8, 4) is 0 Å². The molecule has 6 rings (SSSR count). The molecule has 0 saturated heterocycles. The summed E-state index contributed by atoms with van der Waals surface area (Å²) in [5.41, 5.74) is 10.4. The predicted octanol–water partition coefficient (Wildman–Crippen LogP) is -3.25. The van der Waals surface area contributed by atoms with Gasteiger partial charge in [-0.05, 0) is 23.3 Å². The summed E-state index contributed by atoms with van der Waals surface area (Å²) in [5.74, 6) is 0. The first kappa shape index (κ1) is 23.6. The summed E-state index contributed by atoms with van der Waals surface area (Å²) in [4.78, 5) is -0.905. The maximum absolute atomic E-state index is 11.5. The molecule has 0 saturated carbocycles. The standard InChI is InChI=1S/C14H10N2O6S2.2Na.2H/c15-16-11-5-3-9(13(7-11)23(17,18)19)1-2-10-4-6-12(16)8-14(10)24(20,21)22;;;;/h1-8H,(H,17,18,19)(H,20,21,22);;;;/q;2*+1;2*-1/b2-1+;;;;. The van der Waals surface area contributed by atoms with Crippen LogP contribution in [-0.4, -0.2) is 25.9 Å². The van der Waals surface area contributed by atoms with Crippen molar-refractivity contribution >= 4 is 43.8 Å². The normalized spacial score (nSPS) is 14.2. The third-order valence-electron chi connectivity index (χ3n) is 3.48. The summed E-state index contributed by atoms with van der Waals surface area (Å²) < 4.78 is 65.4. The fourth-order valence-electron chi connectivity index (χ4n) is 2.36. The Kier molecular flexibility index (Phi) is 7.56. The first-order chi connectivity index (χ1) is 11.1. The Morgan fingerprint density at radius 2 is 1.12 bits per heavy atom. The molecule has 0 spiro atoms. The van der Waals surface area contributed by atoms with Crippen molar-refractivity contribution in [3.63, 3.8) is 0 Å². The number of benzene rings is 2. The van der Waals surface area contributed by atoms with Crippen molar-refractivity contribution in [2.45, 2.75) is 9.79 Å². The molecule has 4 heterocycles. The first-order valence-corrected chi connectivity index (χ1v) is 9.35. The van der Waals surface area contributed by atoms with Crippen LogP contribution >= 0.6 is 0 Å². The summed E-state index contributed by atoms with van der Waals surface area (Å²) in [6.07, 6.45) is 2.56. The van der Waals surface area contributed by atoms with Gasteiger partial charge in [0.25, 0.3) is 20.2 Å². The molecule has 0 unspecified atom stereocenters. The molecule has 8 nitrogen and oxygen atoms in total. The van der Waals surface area contributed by atoms with Crippen LogP contribution < -0.4 is 63.8 Å². The summed E-state index contributed by atoms with van der Waals surface area (Å²) in [6, 6.07) is 7.55. The van der Waals surface area contributed by atoms with Crippen LogP contribution in [-0.2, 0) is 20.2 Å². The Hall–Kier alpha value is -0.400. The second-order valence-corrected chi connectivity index (χ2v) is 7.82. The van der Waals surface area contributed by atoms with E-state index in [0.29, 0.717) is 4.70 Å². The molecule has 2 aromatic carbocycles. The van der Waals surface area contributed by atoms with E-state index in [0.717, 1.165) is 12.1 Å². The van der Waals surface area contributed by atoms with Gasteiger partial charge < -0.3 is 8.38 Å². The summed E-state index contributed by atoms with van der Waals surface area (Å²) in [5, 5.41) is 0. The molecule has 12 heteroatoms. The molecule has 4 aliphatic heterocycles. The maximum Gasteiger partial charge on any atom is 1.00 e. The minimum atomic E-state index is -4.58. The van der Waals surface area contributed by atoms with E-state index < -0.39 is 30.0 Å². The molecular weight excluding hydrogens is 402 g/mol. The molecule has 2 N–H and O–H groups in total. The topological polar surface area (TPSA) is 134 Å². The van der Waals surface area contributed by atoms with Crippen molar-refractivity contribution < 1.29 is 87.9 Å². The van der Waals surface area contributed by atoms with Gasteiger partial charge in [-0.2, -0.15) is 16.8 Å². The van der Waals surface area contributed by atoms with Gasteiger partial charge in [-0.25, -0.2) is 4.70 Å². The molecule has 0 aromatic heterocycles. The average Bonchev–Trinajstić information content (AvgIpc) is 2.56. The minimum absolute atomic E-state index is 0. The third-order valence-corrected chi connectivity index (χ3v) is 5.30. The fourth-order valence-corrected chi connectivity index (χ4v) is 3.77. The number of nitrogens with zero attached hydrogens (tertiary/aromatic N) is 2. The quantitative estimate of drug-likeness (QED) is 0.257. The second kappa shape index (κ2) is 8.31. The number of hydrogen-bond donors (Lipinski definition) is 2. The van der Waals surface area contributed by atoms with E-state index in [2.05, 4.69) is 0 Å². The summed E-state index contributed by atoms with van der Waals surface area (Å²) in [7, 11) is -9.15. The zero-order valence-corrected chi connectivity index (χ0v) is 19.5. The Morgan fingerprint density at radius 1 is 0.769 bits per heavy atom. The molecule has 0 atom stereocenters. The van der Waals surface area contributed by atoms with Gasteiger partial charge in [0.1, 0.15) is 9.79 Å². The molecule has 0 fully saturated rings.